The van der Waals surface area contributed by atoms with Crippen LogP contribution in [0.3, 0.4) is 0 Å². The quantitative estimate of drug-likeness (QED) is 0.139. The summed E-state index contributed by atoms with van der Waals surface area (Å²) in [6.07, 6.45) is 1.48. The lowest BCUT2D eigenvalue weighted by atomic mass is 10.0. The Bertz CT molecular complexity index is 1060. The van der Waals surface area contributed by atoms with Gasteiger partial charge in [0.05, 0.1) is 11.1 Å². The number of rotatable bonds is 11. The highest BCUT2D eigenvalue weighted by Crippen LogP contribution is 2.41. The van der Waals surface area contributed by atoms with E-state index in [-0.39, 0.29) is 0 Å². The second kappa shape index (κ2) is 12.0. The number of benzene rings is 2. The second-order valence-electron chi connectivity index (χ2n) is 6.36. The number of ether oxygens (including phenoxy) is 4. The van der Waals surface area contributed by atoms with Crippen LogP contribution in [-0.2, 0) is 19.1 Å². The molecule has 0 saturated heterocycles. The van der Waals surface area contributed by atoms with Gasteiger partial charge in [-0.25, -0.2) is 27.2 Å². The summed E-state index contributed by atoms with van der Waals surface area (Å²) in [5.74, 6) is -24.3. The van der Waals surface area contributed by atoms with Crippen molar-refractivity contribution in [3.63, 3.8) is 0 Å². The molecule has 0 heterocycles. The minimum Gasteiger partial charge on any atom is -0.484 e. The van der Waals surface area contributed by atoms with Crippen molar-refractivity contribution in [2.24, 2.45) is 0 Å². The van der Waals surface area contributed by atoms with Crippen LogP contribution < -0.4 is 9.47 Å². The van der Waals surface area contributed by atoms with Crippen LogP contribution in [0.5, 0.6) is 11.5 Å². The molecule has 14 heteroatoms. The lowest BCUT2D eigenvalue weighted by Gasteiger charge is -2.16. The molecule has 2 aromatic rings. The Kier molecular flexibility index (Phi) is 9.41. The van der Waals surface area contributed by atoms with Gasteiger partial charge in [-0.3, -0.25) is 0 Å². The van der Waals surface area contributed by atoms with Crippen LogP contribution in [0.15, 0.2) is 25.3 Å². The van der Waals surface area contributed by atoms with Gasteiger partial charge in [0.1, 0.15) is 26.4 Å². The van der Waals surface area contributed by atoms with E-state index in [4.69, 9.17) is 0 Å². The molecule has 0 spiro atoms. The summed E-state index contributed by atoms with van der Waals surface area (Å²) < 4.78 is 133. The first kappa shape index (κ1) is 28.1. The first-order valence-corrected chi connectivity index (χ1v) is 9.54. The van der Waals surface area contributed by atoms with E-state index in [0.29, 0.717) is 0 Å². The van der Waals surface area contributed by atoms with E-state index in [2.05, 4.69) is 32.1 Å². The summed E-state index contributed by atoms with van der Waals surface area (Å²) in [5, 5.41) is 0. The molecular formula is C22H14F8O6. The summed E-state index contributed by atoms with van der Waals surface area (Å²) in [6, 6.07) is 0. The zero-order valence-corrected chi connectivity index (χ0v) is 17.9. The number of hydrogen-bond acceptors (Lipinski definition) is 6. The number of carbonyl (C=O) groups is 2. The largest absolute Gasteiger partial charge is 0.484 e. The molecule has 0 N–H and O–H groups in total. The Morgan fingerprint density at radius 1 is 0.528 bits per heavy atom. The van der Waals surface area contributed by atoms with Gasteiger partial charge in [0.2, 0.25) is 23.3 Å². The molecule has 0 aromatic heterocycles. The minimum atomic E-state index is -2.45. The van der Waals surface area contributed by atoms with Crippen LogP contribution in [0.2, 0.25) is 0 Å². The zero-order chi connectivity index (χ0) is 27.2. The van der Waals surface area contributed by atoms with E-state index < -0.39 is 108 Å². The fraction of sp³-hybridized carbons (Fsp3) is 0.182. The van der Waals surface area contributed by atoms with Crippen molar-refractivity contribution in [3.8, 4) is 22.6 Å². The third kappa shape index (κ3) is 5.75. The number of hydrogen-bond donors (Lipinski definition) is 0. The van der Waals surface area contributed by atoms with Crippen LogP contribution in [-0.4, -0.2) is 38.4 Å². The van der Waals surface area contributed by atoms with E-state index >= 15 is 0 Å². The Balaban J connectivity index is 2.45. The van der Waals surface area contributed by atoms with E-state index in [9.17, 15) is 44.7 Å². The van der Waals surface area contributed by atoms with Gasteiger partial charge in [-0.2, -0.15) is 17.6 Å². The number of esters is 2. The summed E-state index contributed by atoms with van der Waals surface area (Å²) in [4.78, 5) is 21.8. The molecule has 0 saturated carbocycles. The van der Waals surface area contributed by atoms with Gasteiger partial charge >= 0.3 is 11.9 Å². The summed E-state index contributed by atoms with van der Waals surface area (Å²) >= 11 is 0. The summed E-state index contributed by atoms with van der Waals surface area (Å²) in [6.45, 7) is 3.24. The SMILES string of the molecule is C=CC(=O)OCCOc1c(F)c(F)c(-c2c(F)c(F)c(OCCOC(=O)C=C)c(F)c2F)c(F)c1F. The van der Waals surface area contributed by atoms with Crippen molar-refractivity contribution in [2.75, 3.05) is 26.4 Å². The third-order valence-electron chi connectivity index (χ3n) is 4.18. The van der Waals surface area contributed by atoms with Gasteiger partial charge in [0.15, 0.2) is 34.8 Å². The monoisotopic (exact) mass is 526 g/mol. The van der Waals surface area contributed by atoms with Crippen LogP contribution in [0, 0.1) is 46.5 Å². The maximum absolute atomic E-state index is 14.5. The third-order valence-corrected chi connectivity index (χ3v) is 4.18. The molecule has 0 aliphatic rings. The second-order valence-corrected chi connectivity index (χ2v) is 6.36. The highest BCUT2D eigenvalue weighted by molar-refractivity contribution is 5.81. The van der Waals surface area contributed by atoms with Crippen molar-refractivity contribution in [1.82, 2.24) is 0 Å². The molecule has 0 amide bonds. The Morgan fingerprint density at radius 2 is 0.806 bits per heavy atom. The predicted molar refractivity (Wildman–Crippen MR) is 105 cm³/mol. The van der Waals surface area contributed by atoms with Crippen LogP contribution in [0.25, 0.3) is 11.1 Å². The van der Waals surface area contributed by atoms with Crippen molar-refractivity contribution in [2.45, 2.75) is 0 Å². The zero-order valence-electron chi connectivity index (χ0n) is 17.9. The lowest BCUT2D eigenvalue weighted by molar-refractivity contribution is -0.139. The maximum atomic E-state index is 14.5. The molecule has 0 unspecified atom stereocenters. The summed E-state index contributed by atoms with van der Waals surface area (Å²) in [5.41, 5.74) is -4.23. The van der Waals surface area contributed by atoms with Crippen molar-refractivity contribution in [3.05, 3.63) is 71.8 Å². The molecular weight excluding hydrogens is 512 g/mol. The van der Waals surface area contributed by atoms with Crippen molar-refractivity contribution >= 4 is 11.9 Å². The van der Waals surface area contributed by atoms with Gasteiger partial charge in [-0.1, -0.05) is 13.2 Å². The van der Waals surface area contributed by atoms with E-state index in [0.717, 1.165) is 12.2 Å². The van der Waals surface area contributed by atoms with Gasteiger partial charge in [0, 0.05) is 12.2 Å². The fourth-order valence-corrected chi connectivity index (χ4v) is 2.61. The molecule has 6 nitrogen and oxygen atoms in total. The molecule has 0 fully saturated rings. The molecule has 194 valence electrons. The maximum Gasteiger partial charge on any atom is 0.330 e. The fourth-order valence-electron chi connectivity index (χ4n) is 2.61. The Morgan fingerprint density at radius 3 is 1.06 bits per heavy atom. The highest BCUT2D eigenvalue weighted by Gasteiger charge is 2.35. The first-order valence-electron chi connectivity index (χ1n) is 9.54. The van der Waals surface area contributed by atoms with Crippen LogP contribution in [0.1, 0.15) is 0 Å². The normalized spacial score (nSPS) is 10.6. The van der Waals surface area contributed by atoms with Gasteiger partial charge in [-0.15, -0.1) is 0 Å². The van der Waals surface area contributed by atoms with Crippen molar-refractivity contribution in [1.29, 1.82) is 0 Å². The molecule has 36 heavy (non-hydrogen) atoms. The van der Waals surface area contributed by atoms with Gasteiger partial charge in [0.25, 0.3) is 0 Å². The minimum absolute atomic E-state index is 0.636. The van der Waals surface area contributed by atoms with E-state index in [1.165, 1.54) is 0 Å². The van der Waals surface area contributed by atoms with E-state index in [1.807, 2.05) is 0 Å². The molecule has 0 aliphatic carbocycles. The Hall–Kier alpha value is -4.10. The molecule has 2 rings (SSSR count). The topological polar surface area (TPSA) is 71.1 Å². The average molecular weight is 526 g/mol. The Labute approximate surface area is 197 Å². The van der Waals surface area contributed by atoms with Crippen molar-refractivity contribution < 1.29 is 63.7 Å². The molecule has 2 aromatic carbocycles. The molecule has 0 atom stereocenters. The van der Waals surface area contributed by atoms with Gasteiger partial charge < -0.3 is 18.9 Å². The molecule has 0 bridgehead atoms. The highest BCUT2D eigenvalue weighted by atomic mass is 19.2. The average Bonchev–Trinajstić information content (AvgIpc) is 2.86. The predicted octanol–water partition coefficient (Wildman–Crippen LogP) is 4.68. The van der Waals surface area contributed by atoms with Gasteiger partial charge in [-0.05, 0) is 0 Å². The van der Waals surface area contributed by atoms with E-state index in [1.54, 1.807) is 0 Å². The lowest BCUT2D eigenvalue weighted by Crippen LogP contribution is -2.15. The molecule has 0 aliphatic heterocycles. The van der Waals surface area contributed by atoms with Crippen LogP contribution >= 0.6 is 0 Å². The first-order chi connectivity index (χ1) is 17.0. The smallest absolute Gasteiger partial charge is 0.330 e. The summed E-state index contributed by atoms with van der Waals surface area (Å²) in [7, 11) is 0. The standard InChI is InChI=1S/C22H14F8O6/c1-3-9(31)33-5-7-35-21-17(27)13(23)11(14(24)18(21)28)12-15(25)19(29)22(20(30)16(12)26)36-8-6-34-10(32)4-2/h3-4H,1-2,5-8H2. The number of carbonyl (C=O) groups excluding carboxylic acids is 2. The number of halogens is 8. The van der Waals surface area contributed by atoms with Crippen LogP contribution in [0.4, 0.5) is 35.1 Å². The molecule has 0 radical (unpaired) electrons.